The fourth-order valence-electron chi connectivity index (χ4n) is 4.98. The predicted octanol–water partition coefficient (Wildman–Crippen LogP) is 1.65. The average molecular weight is 566 g/mol. The van der Waals surface area contributed by atoms with Gasteiger partial charge in [0.25, 0.3) is 0 Å². The van der Waals surface area contributed by atoms with Gasteiger partial charge in [0.2, 0.25) is 11.8 Å². The van der Waals surface area contributed by atoms with Gasteiger partial charge in [-0.05, 0) is 29.7 Å². The lowest BCUT2D eigenvalue weighted by atomic mass is 10.0. The van der Waals surface area contributed by atoms with Gasteiger partial charge in [-0.25, -0.2) is 14.2 Å². The molecule has 216 valence electrons. The molecular formula is C29H32FN5O6. The van der Waals surface area contributed by atoms with Gasteiger partial charge < -0.3 is 25.0 Å². The van der Waals surface area contributed by atoms with E-state index >= 15 is 0 Å². The van der Waals surface area contributed by atoms with Crippen molar-refractivity contribution in [2.75, 3.05) is 32.8 Å². The number of hydrogen-bond donors (Lipinski definition) is 2. The Morgan fingerprint density at radius 2 is 1.83 bits per heavy atom. The van der Waals surface area contributed by atoms with Gasteiger partial charge in [0, 0.05) is 19.5 Å². The van der Waals surface area contributed by atoms with Crippen molar-refractivity contribution in [2.45, 2.75) is 38.2 Å². The van der Waals surface area contributed by atoms with Gasteiger partial charge in [0.05, 0.1) is 32.8 Å². The maximum atomic E-state index is 13.5. The number of hydrogen-bond acceptors (Lipinski definition) is 6. The average Bonchev–Trinajstić information content (AvgIpc) is 2.95. The number of rotatable bonds is 11. The standard InChI is InChI=1S/C29H32FN5O6/c1-2-14-33-19-26(36)34-24(12-13-27(37)38)28(39)32(15-16-41-20-22-8-10-23(30)11-9-22)18-25(34)35(33)29(40)31-17-21-6-4-3-5-7-21/h1,3-11,24-25H,12-20H2,(H,31,40)(H,37,38)/t24-,25-/m0/s1. The number of fused-ring (bicyclic) bond motifs is 1. The number of carbonyl (C=O) groups is 4. The van der Waals surface area contributed by atoms with Crippen LogP contribution in [-0.2, 0) is 32.3 Å². The molecule has 0 saturated carbocycles. The van der Waals surface area contributed by atoms with Crippen LogP contribution in [0, 0.1) is 18.2 Å². The first-order valence-corrected chi connectivity index (χ1v) is 13.2. The molecule has 0 aromatic heterocycles. The summed E-state index contributed by atoms with van der Waals surface area (Å²) in [5.74, 6) is 0.168. The molecule has 2 saturated heterocycles. The van der Waals surface area contributed by atoms with Gasteiger partial charge in [-0.2, -0.15) is 5.01 Å². The Morgan fingerprint density at radius 3 is 2.51 bits per heavy atom. The Hall–Kier alpha value is -4.47. The number of carboxylic acids is 1. The van der Waals surface area contributed by atoms with Crippen LogP contribution in [0.3, 0.4) is 0 Å². The summed E-state index contributed by atoms with van der Waals surface area (Å²) in [5.41, 5.74) is 1.62. The van der Waals surface area contributed by atoms with Crippen molar-refractivity contribution >= 4 is 23.8 Å². The molecule has 0 unspecified atom stereocenters. The highest BCUT2D eigenvalue weighted by Crippen LogP contribution is 2.28. The molecule has 41 heavy (non-hydrogen) atoms. The molecule has 0 spiro atoms. The lowest BCUT2D eigenvalue weighted by Crippen LogP contribution is -2.76. The molecule has 11 nitrogen and oxygen atoms in total. The number of aliphatic carboxylic acids is 1. The van der Waals surface area contributed by atoms with Crippen molar-refractivity contribution in [3.05, 3.63) is 71.5 Å². The first kappa shape index (κ1) is 29.5. The van der Waals surface area contributed by atoms with Crippen LogP contribution >= 0.6 is 0 Å². The number of urea groups is 1. The van der Waals surface area contributed by atoms with Crippen molar-refractivity contribution in [3.63, 3.8) is 0 Å². The van der Waals surface area contributed by atoms with E-state index in [4.69, 9.17) is 11.2 Å². The number of benzene rings is 2. The number of terminal acetylenes is 1. The molecule has 2 aromatic rings. The fraction of sp³-hybridized carbons (Fsp3) is 0.379. The van der Waals surface area contributed by atoms with Gasteiger partial charge in [-0.1, -0.05) is 48.4 Å². The van der Waals surface area contributed by atoms with Gasteiger partial charge >= 0.3 is 12.0 Å². The first-order chi connectivity index (χ1) is 19.8. The predicted molar refractivity (Wildman–Crippen MR) is 145 cm³/mol. The number of nitrogens with zero attached hydrogens (tertiary/aromatic N) is 4. The van der Waals surface area contributed by atoms with Crippen LogP contribution in [0.1, 0.15) is 24.0 Å². The van der Waals surface area contributed by atoms with E-state index in [1.54, 1.807) is 12.1 Å². The maximum absolute atomic E-state index is 13.5. The Balaban J connectivity index is 1.53. The third kappa shape index (κ3) is 7.39. The second kappa shape index (κ2) is 13.7. The van der Waals surface area contributed by atoms with Gasteiger partial charge in [-0.3, -0.25) is 14.4 Å². The van der Waals surface area contributed by atoms with Crippen LogP contribution in [-0.4, -0.2) is 93.7 Å². The molecule has 0 bridgehead atoms. The van der Waals surface area contributed by atoms with Crippen LogP contribution in [0.4, 0.5) is 9.18 Å². The zero-order valence-corrected chi connectivity index (χ0v) is 22.4. The zero-order valence-electron chi connectivity index (χ0n) is 22.4. The van der Waals surface area contributed by atoms with Crippen LogP contribution in [0.5, 0.6) is 0 Å². The smallest absolute Gasteiger partial charge is 0.334 e. The Kier molecular flexibility index (Phi) is 9.89. The highest BCUT2D eigenvalue weighted by Gasteiger charge is 2.51. The molecule has 0 radical (unpaired) electrons. The number of piperazine rings is 1. The van der Waals surface area contributed by atoms with Gasteiger partial charge in [-0.15, -0.1) is 6.42 Å². The summed E-state index contributed by atoms with van der Waals surface area (Å²) in [6.07, 6.45) is 4.19. The topological polar surface area (TPSA) is 123 Å². The third-order valence-electron chi connectivity index (χ3n) is 6.92. The summed E-state index contributed by atoms with van der Waals surface area (Å²) in [4.78, 5) is 54.5. The second-order valence-corrected chi connectivity index (χ2v) is 9.71. The number of carboxylic acid groups (broad SMARTS) is 1. The second-order valence-electron chi connectivity index (χ2n) is 9.71. The molecule has 2 N–H and O–H groups in total. The SMILES string of the molecule is C#CCN1CC(=O)N2[C@@H](CCC(=O)O)C(=O)N(CCOCc3ccc(F)cc3)C[C@@H]2N1C(=O)NCc1ccccc1. The molecule has 0 aliphatic carbocycles. The summed E-state index contributed by atoms with van der Waals surface area (Å²) in [6, 6.07) is 13.6. The highest BCUT2D eigenvalue weighted by atomic mass is 19.1. The maximum Gasteiger partial charge on any atom is 0.334 e. The van der Waals surface area contributed by atoms with E-state index in [9.17, 15) is 28.7 Å². The molecular weight excluding hydrogens is 533 g/mol. The molecule has 12 heteroatoms. The van der Waals surface area contributed by atoms with Gasteiger partial charge in [0.1, 0.15) is 18.0 Å². The van der Waals surface area contributed by atoms with Crippen molar-refractivity contribution in [3.8, 4) is 12.3 Å². The molecule has 4 amide bonds. The number of amides is 4. The van der Waals surface area contributed by atoms with E-state index in [2.05, 4.69) is 11.2 Å². The van der Waals surface area contributed by atoms with Crippen LogP contribution in [0.25, 0.3) is 0 Å². The lowest BCUT2D eigenvalue weighted by Gasteiger charge is -2.54. The monoisotopic (exact) mass is 565 g/mol. The summed E-state index contributed by atoms with van der Waals surface area (Å²) in [5, 5.41) is 15.0. The zero-order chi connectivity index (χ0) is 29.4. The highest BCUT2D eigenvalue weighted by molar-refractivity contribution is 5.91. The Bertz CT molecular complexity index is 1280. The van der Waals surface area contributed by atoms with Crippen LogP contribution < -0.4 is 5.32 Å². The molecule has 2 aliphatic heterocycles. The number of hydrazine groups is 1. The quantitative estimate of drug-likeness (QED) is 0.314. The van der Waals surface area contributed by atoms with Gasteiger partial charge in [0.15, 0.2) is 0 Å². The molecule has 2 heterocycles. The molecule has 4 rings (SSSR count). The van der Waals surface area contributed by atoms with Crippen molar-refractivity contribution in [2.24, 2.45) is 0 Å². The summed E-state index contributed by atoms with van der Waals surface area (Å²) in [6.45, 7) is 0.403. The Morgan fingerprint density at radius 1 is 1.10 bits per heavy atom. The van der Waals surface area contributed by atoms with E-state index in [0.717, 1.165) is 11.1 Å². The summed E-state index contributed by atoms with van der Waals surface area (Å²) < 4.78 is 18.9. The van der Waals surface area contributed by atoms with Crippen LogP contribution in [0.2, 0.25) is 0 Å². The summed E-state index contributed by atoms with van der Waals surface area (Å²) in [7, 11) is 0. The molecule has 2 atom stereocenters. The lowest BCUT2D eigenvalue weighted by molar-refractivity contribution is -0.190. The minimum Gasteiger partial charge on any atom is -0.481 e. The largest absolute Gasteiger partial charge is 0.481 e. The normalized spacial score (nSPS) is 19.1. The summed E-state index contributed by atoms with van der Waals surface area (Å²) >= 11 is 0. The Labute approximate surface area is 237 Å². The van der Waals surface area contributed by atoms with E-state index in [0.29, 0.717) is 0 Å². The number of ether oxygens (including phenoxy) is 1. The van der Waals surface area contributed by atoms with E-state index in [-0.39, 0.29) is 64.6 Å². The molecule has 2 aromatic carbocycles. The molecule has 2 fully saturated rings. The van der Waals surface area contributed by atoms with E-state index < -0.39 is 36.0 Å². The van der Waals surface area contributed by atoms with Crippen molar-refractivity contribution in [1.82, 2.24) is 25.1 Å². The van der Waals surface area contributed by atoms with Crippen molar-refractivity contribution < 1.29 is 33.4 Å². The van der Waals surface area contributed by atoms with Crippen LogP contribution in [0.15, 0.2) is 54.6 Å². The number of nitrogens with one attached hydrogen (secondary N) is 1. The van der Waals surface area contributed by atoms with E-state index in [1.807, 2.05) is 30.3 Å². The molecule has 2 aliphatic rings. The minimum atomic E-state index is -1.11. The van der Waals surface area contributed by atoms with Crippen molar-refractivity contribution in [1.29, 1.82) is 0 Å². The number of halogens is 1. The minimum absolute atomic E-state index is 0.0200. The fourth-order valence-corrected chi connectivity index (χ4v) is 4.98. The first-order valence-electron chi connectivity index (χ1n) is 13.2. The van der Waals surface area contributed by atoms with E-state index in [1.165, 1.54) is 32.0 Å². The number of carbonyl (C=O) groups excluding carboxylic acids is 3. The third-order valence-corrected chi connectivity index (χ3v) is 6.92.